The Labute approximate surface area is 105 Å². The summed E-state index contributed by atoms with van der Waals surface area (Å²) in [6.07, 6.45) is 1.07. The Bertz CT molecular complexity index is 535. The van der Waals surface area contributed by atoms with Gasteiger partial charge in [-0.25, -0.2) is 8.42 Å². The Morgan fingerprint density at radius 3 is 2.33 bits per heavy atom. The van der Waals surface area contributed by atoms with Gasteiger partial charge in [0, 0.05) is 11.3 Å². The molecular formula is C11H14N2O4S. The molecule has 0 aliphatic carbocycles. The maximum atomic E-state index is 11.7. The SMILES string of the molecule is CS(=O)(=O)Nc1ccc(C(=O)NC2COC2)cc1. The van der Waals surface area contributed by atoms with Crippen molar-refractivity contribution in [2.75, 3.05) is 24.2 Å². The topological polar surface area (TPSA) is 84.5 Å². The van der Waals surface area contributed by atoms with Gasteiger partial charge in [0.25, 0.3) is 5.91 Å². The zero-order valence-electron chi connectivity index (χ0n) is 9.84. The molecule has 0 aromatic heterocycles. The largest absolute Gasteiger partial charge is 0.377 e. The molecule has 0 spiro atoms. The van der Waals surface area contributed by atoms with Gasteiger partial charge >= 0.3 is 0 Å². The van der Waals surface area contributed by atoms with Crippen LogP contribution in [-0.2, 0) is 14.8 Å². The Morgan fingerprint density at radius 1 is 1.28 bits per heavy atom. The van der Waals surface area contributed by atoms with Crippen LogP contribution in [0, 0.1) is 0 Å². The Kier molecular flexibility index (Phi) is 3.53. The fraction of sp³-hybridized carbons (Fsp3) is 0.364. The number of ether oxygens (including phenoxy) is 1. The van der Waals surface area contributed by atoms with Gasteiger partial charge in [0.05, 0.1) is 25.5 Å². The van der Waals surface area contributed by atoms with Gasteiger partial charge in [-0.05, 0) is 24.3 Å². The first-order valence-corrected chi connectivity index (χ1v) is 7.30. The van der Waals surface area contributed by atoms with E-state index in [0.29, 0.717) is 24.5 Å². The zero-order valence-corrected chi connectivity index (χ0v) is 10.7. The molecule has 1 saturated heterocycles. The average molecular weight is 270 g/mol. The molecule has 18 heavy (non-hydrogen) atoms. The number of sulfonamides is 1. The third kappa shape index (κ3) is 3.44. The molecule has 1 fully saturated rings. The van der Waals surface area contributed by atoms with E-state index < -0.39 is 10.0 Å². The number of nitrogens with one attached hydrogen (secondary N) is 2. The lowest BCUT2D eigenvalue weighted by molar-refractivity contribution is -0.00346. The fourth-order valence-corrected chi connectivity index (χ4v) is 2.06. The van der Waals surface area contributed by atoms with Crippen LogP contribution >= 0.6 is 0 Å². The second-order valence-corrected chi connectivity index (χ2v) is 5.91. The molecule has 1 aromatic carbocycles. The summed E-state index contributed by atoms with van der Waals surface area (Å²) >= 11 is 0. The molecule has 2 rings (SSSR count). The van der Waals surface area contributed by atoms with E-state index >= 15 is 0 Å². The summed E-state index contributed by atoms with van der Waals surface area (Å²) in [4.78, 5) is 11.7. The Balaban J connectivity index is 2.00. The number of anilines is 1. The maximum Gasteiger partial charge on any atom is 0.251 e. The van der Waals surface area contributed by atoms with E-state index in [1.165, 1.54) is 0 Å². The second kappa shape index (κ2) is 4.95. The molecule has 0 unspecified atom stereocenters. The summed E-state index contributed by atoms with van der Waals surface area (Å²) in [5.74, 6) is -0.186. The number of carbonyl (C=O) groups is 1. The molecule has 1 aliphatic heterocycles. The van der Waals surface area contributed by atoms with Gasteiger partial charge in [0.2, 0.25) is 10.0 Å². The van der Waals surface area contributed by atoms with Gasteiger partial charge in [-0.15, -0.1) is 0 Å². The van der Waals surface area contributed by atoms with Crippen molar-refractivity contribution in [2.24, 2.45) is 0 Å². The van der Waals surface area contributed by atoms with E-state index in [-0.39, 0.29) is 11.9 Å². The van der Waals surface area contributed by atoms with Crippen molar-refractivity contribution >= 4 is 21.6 Å². The van der Waals surface area contributed by atoms with E-state index in [9.17, 15) is 13.2 Å². The standard InChI is InChI=1S/C11H14N2O4S/c1-18(15,16)13-9-4-2-8(3-5-9)11(14)12-10-6-17-7-10/h2-5,10,13H,6-7H2,1H3,(H,12,14). The smallest absolute Gasteiger partial charge is 0.251 e. The number of hydrogen-bond acceptors (Lipinski definition) is 4. The van der Waals surface area contributed by atoms with E-state index in [1.807, 2.05) is 0 Å². The fourth-order valence-electron chi connectivity index (χ4n) is 1.49. The van der Waals surface area contributed by atoms with Crippen LogP contribution in [0.15, 0.2) is 24.3 Å². The third-order valence-electron chi connectivity index (χ3n) is 2.42. The molecule has 7 heteroatoms. The summed E-state index contributed by atoms with van der Waals surface area (Å²) in [5.41, 5.74) is 0.918. The highest BCUT2D eigenvalue weighted by Crippen LogP contribution is 2.11. The molecule has 0 saturated carbocycles. The minimum atomic E-state index is -3.29. The molecule has 98 valence electrons. The van der Waals surface area contributed by atoms with Gasteiger partial charge in [0.15, 0.2) is 0 Å². The molecule has 1 aliphatic rings. The highest BCUT2D eigenvalue weighted by Gasteiger charge is 2.20. The van der Waals surface area contributed by atoms with Crippen LogP contribution in [0.1, 0.15) is 10.4 Å². The minimum absolute atomic E-state index is 0.0753. The van der Waals surface area contributed by atoms with E-state index in [0.717, 1.165) is 6.26 Å². The van der Waals surface area contributed by atoms with Crippen LogP contribution in [0.4, 0.5) is 5.69 Å². The van der Waals surface area contributed by atoms with Gasteiger partial charge < -0.3 is 10.1 Å². The molecule has 0 radical (unpaired) electrons. The average Bonchev–Trinajstić information content (AvgIpc) is 2.22. The summed E-state index contributed by atoms with van der Waals surface area (Å²) in [7, 11) is -3.29. The molecule has 1 heterocycles. The van der Waals surface area contributed by atoms with Crippen LogP contribution < -0.4 is 10.0 Å². The molecule has 1 aromatic rings. The van der Waals surface area contributed by atoms with Crippen molar-refractivity contribution in [3.63, 3.8) is 0 Å². The number of hydrogen-bond donors (Lipinski definition) is 2. The first kappa shape index (κ1) is 12.8. The maximum absolute atomic E-state index is 11.7. The molecule has 1 amide bonds. The van der Waals surface area contributed by atoms with Crippen LogP contribution in [0.3, 0.4) is 0 Å². The summed E-state index contributed by atoms with van der Waals surface area (Å²) in [5, 5.41) is 2.80. The number of benzene rings is 1. The van der Waals surface area contributed by atoms with Crippen molar-refractivity contribution < 1.29 is 17.9 Å². The quantitative estimate of drug-likeness (QED) is 0.817. The van der Waals surface area contributed by atoms with Crippen molar-refractivity contribution in [3.05, 3.63) is 29.8 Å². The first-order chi connectivity index (χ1) is 8.44. The number of carbonyl (C=O) groups excluding carboxylic acids is 1. The van der Waals surface area contributed by atoms with Crippen LogP contribution in [0.2, 0.25) is 0 Å². The van der Waals surface area contributed by atoms with Crippen molar-refractivity contribution in [1.82, 2.24) is 5.32 Å². The van der Waals surface area contributed by atoms with Crippen molar-refractivity contribution in [3.8, 4) is 0 Å². The van der Waals surface area contributed by atoms with Gasteiger partial charge in [-0.3, -0.25) is 9.52 Å². The minimum Gasteiger partial charge on any atom is -0.377 e. The molecule has 0 atom stereocenters. The lowest BCUT2D eigenvalue weighted by Crippen LogP contribution is -2.48. The van der Waals surface area contributed by atoms with Crippen LogP contribution in [0.5, 0.6) is 0 Å². The lowest BCUT2D eigenvalue weighted by Gasteiger charge is -2.26. The first-order valence-electron chi connectivity index (χ1n) is 5.40. The Morgan fingerprint density at radius 2 is 1.89 bits per heavy atom. The highest BCUT2D eigenvalue weighted by molar-refractivity contribution is 7.92. The molecular weight excluding hydrogens is 256 g/mol. The highest BCUT2D eigenvalue weighted by atomic mass is 32.2. The van der Waals surface area contributed by atoms with Crippen LogP contribution in [-0.4, -0.2) is 39.8 Å². The monoisotopic (exact) mass is 270 g/mol. The summed E-state index contributed by atoms with van der Waals surface area (Å²) in [6, 6.07) is 6.32. The van der Waals surface area contributed by atoms with Crippen LogP contribution in [0.25, 0.3) is 0 Å². The summed E-state index contributed by atoms with van der Waals surface area (Å²) < 4.78 is 29.3. The van der Waals surface area contributed by atoms with E-state index in [4.69, 9.17) is 4.74 Å². The number of amides is 1. The molecule has 6 nitrogen and oxygen atoms in total. The van der Waals surface area contributed by atoms with Crippen molar-refractivity contribution in [1.29, 1.82) is 0 Å². The zero-order chi connectivity index (χ0) is 13.2. The molecule has 2 N–H and O–H groups in total. The van der Waals surface area contributed by atoms with Gasteiger partial charge in [-0.2, -0.15) is 0 Å². The predicted octanol–water partition coefficient (Wildman–Crippen LogP) is 0.187. The normalized spacial score (nSPS) is 15.8. The van der Waals surface area contributed by atoms with E-state index in [2.05, 4.69) is 10.0 Å². The lowest BCUT2D eigenvalue weighted by atomic mass is 10.1. The van der Waals surface area contributed by atoms with Crippen molar-refractivity contribution in [2.45, 2.75) is 6.04 Å². The third-order valence-corrected chi connectivity index (χ3v) is 3.03. The van der Waals surface area contributed by atoms with Gasteiger partial charge in [-0.1, -0.05) is 0 Å². The predicted molar refractivity (Wildman–Crippen MR) is 67.0 cm³/mol. The second-order valence-electron chi connectivity index (χ2n) is 4.16. The summed E-state index contributed by atoms with van der Waals surface area (Å²) in [6.45, 7) is 1.08. The Hall–Kier alpha value is -1.60. The molecule has 0 bridgehead atoms. The number of rotatable bonds is 4. The van der Waals surface area contributed by atoms with E-state index in [1.54, 1.807) is 24.3 Å². The van der Waals surface area contributed by atoms with Gasteiger partial charge in [0.1, 0.15) is 0 Å².